The van der Waals surface area contributed by atoms with E-state index < -0.39 is 0 Å². The maximum Gasteiger partial charge on any atom is 0.324 e. The molecule has 0 radical (unpaired) electrons. The number of carbonyl (C=O) groups is 1. The summed E-state index contributed by atoms with van der Waals surface area (Å²) in [6.07, 6.45) is 5.38. The summed E-state index contributed by atoms with van der Waals surface area (Å²) in [5.41, 5.74) is 2.02. The van der Waals surface area contributed by atoms with Crippen molar-refractivity contribution in [1.82, 2.24) is 4.98 Å². The molecule has 1 aromatic carbocycles. The molecule has 0 spiro atoms. The van der Waals surface area contributed by atoms with Gasteiger partial charge in [-0.2, -0.15) is 0 Å². The van der Waals surface area contributed by atoms with Gasteiger partial charge in [-0.1, -0.05) is 31.5 Å². The molecule has 2 rings (SSSR count). The van der Waals surface area contributed by atoms with Crippen LogP contribution in [0.15, 0.2) is 30.5 Å². The van der Waals surface area contributed by atoms with Crippen LogP contribution in [0.2, 0.25) is 0 Å². The summed E-state index contributed by atoms with van der Waals surface area (Å²) in [6.45, 7) is 2.07. The second-order valence-corrected chi connectivity index (χ2v) is 6.12. The molecule has 1 heterocycles. The molecule has 1 N–H and O–H groups in total. The summed E-state index contributed by atoms with van der Waals surface area (Å²) in [5.74, 6) is -0.538. The molecular weight excluding hydrogens is 354 g/mol. The Balaban J connectivity index is 2.18. The van der Waals surface area contributed by atoms with Gasteiger partial charge in [0.05, 0.1) is 5.92 Å². The Morgan fingerprint density at radius 2 is 2.14 bits per heavy atom. The van der Waals surface area contributed by atoms with E-state index in [1.807, 2.05) is 30.5 Å². The molecule has 2 aromatic rings. The molecule has 2 atom stereocenters. The molecule has 0 saturated heterocycles. The predicted molar refractivity (Wildman–Crippen MR) is 89.8 cm³/mol. The highest BCUT2D eigenvalue weighted by atomic mass is 79.9. The van der Waals surface area contributed by atoms with Crippen LogP contribution in [0.5, 0.6) is 0 Å². The van der Waals surface area contributed by atoms with E-state index in [1.54, 1.807) is 0 Å². The van der Waals surface area contributed by atoms with Crippen molar-refractivity contribution >= 4 is 44.7 Å². The van der Waals surface area contributed by atoms with Gasteiger partial charge in [0.1, 0.15) is 0 Å². The molecule has 21 heavy (non-hydrogen) atoms. The van der Waals surface area contributed by atoms with Gasteiger partial charge in [-0.25, -0.2) is 0 Å². The van der Waals surface area contributed by atoms with Crippen LogP contribution in [0.25, 0.3) is 10.9 Å². The van der Waals surface area contributed by atoms with Crippen molar-refractivity contribution in [3.8, 4) is 0 Å². The van der Waals surface area contributed by atoms with Crippen LogP contribution < -0.4 is 0 Å². The van der Waals surface area contributed by atoms with Gasteiger partial charge in [0.15, 0.2) is 16.3 Å². The molecule has 0 bridgehead atoms. The third-order valence-corrected chi connectivity index (χ3v) is 4.66. The Morgan fingerprint density at radius 1 is 1.38 bits per heavy atom. The lowest BCUT2D eigenvalue weighted by Gasteiger charge is -2.14. The first-order chi connectivity index (χ1) is 10.2. The van der Waals surface area contributed by atoms with Gasteiger partial charge >= 0.3 is 5.97 Å². The second kappa shape index (κ2) is 7.85. The minimum absolute atomic E-state index is 0.175. The lowest BCUT2D eigenvalue weighted by molar-refractivity contribution is -0.134. The number of halogens is 2. The maximum atomic E-state index is 12.1. The molecule has 0 aliphatic carbocycles. The highest BCUT2D eigenvalue weighted by molar-refractivity contribution is 9.06. The van der Waals surface area contributed by atoms with Gasteiger partial charge in [-0.3, -0.25) is 4.79 Å². The first-order valence-corrected chi connectivity index (χ1v) is 8.28. The normalized spacial score (nSPS) is 14.0. The maximum absolute atomic E-state index is 12.1. The van der Waals surface area contributed by atoms with Gasteiger partial charge in [0, 0.05) is 22.5 Å². The molecule has 5 heteroatoms. The molecular formula is C16H19BrClNO2. The minimum Gasteiger partial charge on any atom is -0.383 e. The van der Waals surface area contributed by atoms with Crippen molar-refractivity contribution in [3.63, 3.8) is 0 Å². The summed E-state index contributed by atoms with van der Waals surface area (Å²) in [4.78, 5) is 15.3. The van der Waals surface area contributed by atoms with Crippen LogP contribution in [0.1, 0.15) is 44.1 Å². The van der Waals surface area contributed by atoms with E-state index in [0.29, 0.717) is 0 Å². The van der Waals surface area contributed by atoms with Crippen molar-refractivity contribution in [1.29, 1.82) is 0 Å². The number of aromatic nitrogens is 1. The Bertz CT molecular complexity index is 599. The molecule has 1 aromatic heterocycles. The van der Waals surface area contributed by atoms with Crippen LogP contribution in [-0.2, 0) is 8.62 Å². The highest BCUT2D eigenvalue weighted by Crippen LogP contribution is 2.31. The quantitative estimate of drug-likeness (QED) is 0.671. The van der Waals surface area contributed by atoms with Crippen LogP contribution in [-0.4, -0.2) is 16.3 Å². The third kappa shape index (κ3) is 4.01. The zero-order chi connectivity index (χ0) is 15.2. The summed E-state index contributed by atoms with van der Waals surface area (Å²) < 4.78 is 4.80. The van der Waals surface area contributed by atoms with E-state index in [4.69, 9.17) is 15.4 Å². The number of alkyl halides is 1. The molecule has 114 valence electrons. The largest absolute Gasteiger partial charge is 0.383 e. The monoisotopic (exact) mass is 371 g/mol. The Labute approximate surface area is 138 Å². The van der Waals surface area contributed by atoms with Crippen molar-refractivity contribution < 1.29 is 8.62 Å². The van der Waals surface area contributed by atoms with Crippen molar-refractivity contribution in [2.24, 2.45) is 0 Å². The number of carbonyl (C=O) groups excluding carboxylic acids is 1. The zero-order valence-electron chi connectivity index (χ0n) is 11.9. The average Bonchev–Trinajstić information content (AvgIpc) is 2.94. The van der Waals surface area contributed by atoms with Crippen LogP contribution in [0, 0.1) is 0 Å². The van der Waals surface area contributed by atoms with E-state index in [-0.39, 0.29) is 17.3 Å². The summed E-state index contributed by atoms with van der Waals surface area (Å²) in [5, 5.41) is 1.24. The van der Waals surface area contributed by atoms with E-state index >= 15 is 0 Å². The van der Waals surface area contributed by atoms with Crippen LogP contribution >= 0.6 is 27.9 Å². The topological polar surface area (TPSA) is 42.1 Å². The molecule has 0 saturated carbocycles. The molecule has 3 nitrogen and oxygen atoms in total. The minimum atomic E-state index is -0.277. The number of nitrogens with one attached hydrogen (secondary N) is 1. The standard InChI is InChI=1S/C16H19BrClNO2/c1-2-11(18)6-5-8-13(16(20)21-17)14-10-19-15-9-4-3-7-12(14)15/h3-4,7,9-11,13,19H,2,5-6,8H2,1H3. The first-order valence-electron chi connectivity index (χ1n) is 7.19. The first kappa shape index (κ1) is 16.4. The molecule has 0 fully saturated rings. The fraction of sp³-hybridized carbons (Fsp3) is 0.438. The molecule has 2 unspecified atom stereocenters. The van der Waals surface area contributed by atoms with E-state index in [0.717, 1.165) is 42.1 Å². The SMILES string of the molecule is CCC(Cl)CCCC(C(=O)OBr)c1c[nH]c2ccccc12. The number of rotatable bonds is 7. The van der Waals surface area contributed by atoms with Crippen LogP contribution in [0.3, 0.4) is 0 Å². The molecule has 0 aliphatic heterocycles. The molecule has 0 amide bonds. The molecule has 0 aliphatic rings. The van der Waals surface area contributed by atoms with Gasteiger partial charge in [0.25, 0.3) is 0 Å². The van der Waals surface area contributed by atoms with Gasteiger partial charge in [0.2, 0.25) is 0 Å². The Hall–Kier alpha value is -1.00. The lowest BCUT2D eigenvalue weighted by Crippen LogP contribution is -2.13. The predicted octanol–water partition coefficient (Wildman–Crippen LogP) is 5.29. The van der Waals surface area contributed by atoms with Crippen molar-refractivity contribution in [3.05, 3.63) is 36.0 Å². The third-order valence-electron chi connectivity index (χ3n) is 3.81. The Kier molecular flexibility index (Phi) is 6.12. The second-order valence-electron chi connectivity index (χ2n) is 5.17. The average molecular weight is 373 g/mol. The van der Waals surface area contributed by atoms with Gasteiger partial charge in [-0.05, 0) is 30.9 Å². The van der Waals surface area contributed by atoms with E-state index in [2.05, 4.69) is 28.2 Å². The number of hydrogen-bond donors (Lipinski definition) is 1. The van der Waals surface area contributed by atoms with Gasteiger partial charge in [-0.15, -0.1) is 11.6 Å². The number of H-pyrrole nitrogens is 1. The number of aromatic amines is 1. The summed E-state index contributed by atoms with van der Waals surface area (Å²) in [6, 6.07) is 7.97. The van der Waals surface area contributed by atoms with Crippen molar-refractivity contribution in [2.75, 3.05) is 0 Å². The van der Waals surface area contributed by atoms with Crippen LogP contribution in [0.4, 0.5) is 0 Å². The summed E-state index contributed by atoms with van der Waals surface area (Å²) in [7, 11) is 0. The number of benzene rings is 1. The fourth-order valence-corrected chi connectivity index (χ4v) is 2.96. The Morgan fingerprint density at radius 3 is 2.86 bits per heavy atom. The van der Waals surface area contributed by atoms with Gasteiger partial charge < -0.3 is 8.81 Å². The smallest absolute Gasteiger partial charge is 0.324 e. The number of para-hydroxylation sites is 1. The van der Waals surface area contributed by atoms with Crippen molar-refractivity contribution in [2.45, 2.75) is 43.9 Å². The van der Waals surface area contributed by atoms with E-state index in [1.165, 1.54) is 0 Å². The van der Waals surface area contributed by atoms with E-state index in [9.17, 15) is 4.79 Å². The highest BCUT2D eigenvalue weighted by Gasteiger charge is 2.24. The zero-order valence-corrected chi connectivity index (χ0v) is 14.3. The fourth-order valence-electron chi connectivity index (χ4n) is 2.58. The lowest BCUT2D eigenvalue weighted by atomic mass is 9.92. The summed E-state index contributed by atoms with van der Waals surface area (Å²) >= 11 is 8.96. The number of fused-ring (bicyclic) bond motifs is 1. The number of hydrogen-bond acceptors (Lipinski definition) is 2.